The highest BCUT2D eigenvalue weighted by molar-refractivity contribution is 6.68. The van der Waals surface area contributed by atoms with E-state index in [2.05, 4.69) is 33.0 Å². The van der Waals surface area contributed by atoms with E-state index in [4.69, 9.17) is 4.65 Å². The lowest BCUT2D eigenvalue weighted by atomic mass is 9.53. The Hall–Kier alpha value is -1.36. The molecular weight excluding hydrogens is 292 g/mol. The fourth-order valence-electron chi connectivity index (χ4n) is 3.10. The molecule has 0 bridgehead atoms. The van der Waals surface area contributed by atoms with Crippen molar-refractivity contribution >= 4 is 18.3 Å². The molecule has 1 heterocycles. The minimum absolute atomic E-state index is 0.00708. The number of amides is 1. The van der Waals surface area contributed by atoms with Crippen LogP contribution in [-0.4, -0.2) is 24.5 Å². The van der Waals surface area contributed by atoms with Crippen LogP contribution in [0.1, 0.15) is 56.5 Å². The van der Waals surface area contributed by atoms with Crippen molar-refractivity contribution in [1.29, 1.82) is 0 Å². The molecule has 0 aromatic heterocycles. The standard InChI is InChI=1S/C18H25BFNO2/c1-11-14(19-10-17(2,3)18(4,5)23-19)8-12(9-15(11)20)16(22)21-13-6-7-13/h8-9,13H,6-7,10H2,1-5H3,(H,21,22). The summed E-state index contributed by atoms with van der Waals surface area (Å²) in [5, 5.41) is 2.92. The molecule has 3 nitrogen and oxygen atoms in total. The largest absolute Gasteiger partial charge is 0.426 e. The van der Waals surface area contributed by atoms with Gasteiger partial charge in [-0.3, -0.25) is 4.79 Å². The van der Waals surface area contributed by atoms with Crippen molar-refractivity contribution < 1.29 is 13.8 Å². The molecule has 23 heavy (non-hydrogen) atoms. The van der Waals surface area contributed by atoms with Gasteiger partial charge in [-0.05, 0) is 62.4 Å². The Morgan fingerprint density at radius 1 is 1.30 bits per heavy atom. The summed E-state index contributed by atoms with van der Waals surface area (Å²) in [6.45, 7) is 10.1. The van der Waals surface area contributed by atoms with Crippen LogP contribution in [-0.2, 0) is 4.65 Å². The average molecular weight is 317 g/mol. The van der Waals surface area contributed by atoms with Crippen molar-refractivity contribution in [3.8, 4) is 0 Å². The average Bonchev–Trinajstić information content (AvgIpc) is 3.20. The molecule has 0 radical (unpaired) electrons. The monoisotopic (exact) mass is 317 g/mol. The number of carbonyl (C=O) groups excluding carboxylic acids is 1. The van der Waals surface area contributed by atoms with Gasteiger partial charge < -0.3 is 9.97 Å². The van der Waals surface area contributed by atoms with Crippen LogP contribution in [0.5, 0.6) is 0 Å². The van der Waals surface area contributed by atoms with E-state index < -0.39 is 0 Å². The Balaban J connectivity index is 1.92. The van der Waals surface area contributed by atoms with E-state index in [1.54, 1.807) is 13.0 Å². The Morgan fingerprint density at radius 2 is 1.96 bits per heavy atom. The van der Waals surface area contributed by atoms with Gasteiger partial charge in [0.15, 0.2) is 0 Å². The summed E-state index contributed by atoms with van der Waals surface area (Å²) < 4.78 is 20.6. The van der Waals surface area contributed by atoms with Crippen molar-refractivity contribution in [1.82, 2.24) is 5.32 Å². The third-order valence-corrected chi connectivity index (χ3v) is 5.67. The lowest BCUT2D eigenvalue weighted by Gasteiger charge is -2.34. The maximum absolute atomic E-state index is 14.4. The van der Waals surface area contributed by atoms with Gasteiger partial charge in [0.05, 0.1) is 5.60 Å². The lowest BCUT2D eigenvalue weighted by molar-refractivity contribution is 0.0375. The van der Waals surface area contributed by atoms with E-state index in [9.17, 15) is 9.18 Å². The second-order valence-corrected chi connectivity index (χ2v) is 8.12. The van der Waals surface area contributed by atoms with Crippen LogP contribution in [0.25, 0.3) is 0 Å². The van der Waals surface area contributed by atoms with Gasteiger partial charge in [-0.25, -0.2) is 4.39 Å². The molecule has 3 rings (SSSR count). The van der Waals surface area contributed by atoms with Gasteiger partial charge in [0.25, 0.3) is 5.91 Å². The molecule has 0 unspecified atom stereocenters. The quantitative estimate of drug-likeness (QED) is 0.870. The number of halogens is 1. The highest BCUT2D eigenvalue weighted by Gasteiger charge is 2.50. The van der Waals surface area contributed by atoms with Crippen LogP contribution in [0.3, 0.4) is 0 Å². The van der Waals surface area contributed by atoms with E-state index in [0.29, 0.717) is 11.1 Å². The summed E-state index contributed by atoms with van der Waals surface area (Å²) in [4.78, 5) is 12.3. The Morgan fingerprint density at radius 3 is 2.48 bits per heavy atom. The van der Waals surface area contributed by atoms with Crippen molar-refractivity contribution in [2.75, 3.05) is 0 Å². The first-order valence-corrected chi connectivity index (χ1v) is 8.39. The summed E-state index contributed by atoms with van der Waals surface area (Å²) in [7, 11) is 0. The van der Waals surface area contributed by atoms with E-state index >= 15 is 0 Å². The molecule has 1 saturated heterocycles. The molecule has 0 atom stereocenters. The van der Waals surface area contributed by atoms with E-state index in [1.165, 1.54) is 6.07 Å². The van der Waals surface area contributed by atoms with E-state index in [-0.39, 0.29) is 35.7 Å². The van der Waals surface area contributed by atoms with Gasteiger partial charge in [0.2, 0.25) is 0 Å². The highest BCUT2D eigenvalue weighted by Crippen LogP contribution is 2.45. The molecule has 1 aliphatic heterocycles. The van der Waals surface area contributed by atoms with Crippen LogP contribution in [0.15, 0.2) is 12.1 Å². The van der Waals surface area contributed by atoms with Gasteiger partial charge in [-0.2, -0.15) is 0 Å². The number of hydrogen-bond donors (Lipinski definition) is 1. The van der Waals surface area contributed by atoms with Crippen molar-refractivity contribution in [2.24, 2.45) is 5.41 Å². The summed E-state index contributed by atoms with van der Waals surface area (Å²) in [5.74, 6) is -0.529. The molecule has 2 aliphatic rings. The van der Waals surface area contributed by atoms with Crippen molar-refractivity contribution in [2.45, 2.75) is 65.4 Å². The molecular formula is C18H25BFNO2. The third kappa shape index (κ3) is 3.03. The van der Waals surface area contributed by atoms with Gasteiger partial charge in [-0.15, -0.1) is 0 Å². The first-order chi connectivity index (χ1) is 10.6. The topological polar surface area (TPSA) is 38.3 Å². The summed E-state index contributed by atoms with van der Waals surface area (Å²) in [5.41, 5.74) is 1.47. The fraction of sp³-hybridized carbons (Fsp3) is 0.611. The van der Waals surface area contributed by atoms with Gasteiger partial charge in [0, 0.05) is 11.6 Å². The van der Waals surface area contributed by atoms with Gasteiger partial charge >= 0.3 is 6.92 Å². The van der Waals surface area contributed by atoms with E-state index in [1.807, 2.05) is 0 Å². The highest BCUT2D eigenvalue weighted by atomic mass is 19.1. The van der Waals surface area contributed by atoms with Crippen molar-refractivity contribution in [3.63, 3.8) is 0 Å². The normalized spacial score (nSPS) is 22.3. The molecule has 1 aromatic carbocycles. The Kier molecular flexibility index (Phi) is 3.83. The molecule has 1 N–H and O–H groups in total. The fourth-order valence-corrected chi connectivity index (χ4v) is 3.10. The summed E-state index contributed by atoms with van der Waals surface area (Å²) >= 11 is 0. The van der Waals surface area contributed by atoms with Crippen LogP contribution in [0, 0.1) is 18.2 Å². The number of benzene rings is 1. The minimum Gasteiger partial charge on any atom is -0.426 e. The molecule has 124 valence electrons. The number of rotatable bonds is 3. The number of hydrogen-bond acceptors (Lipinski definition) is 2. The molecule has 1 aliphatic carbocycles. The molecule has 5 heteroatoms. The zero-order valence-electron chi connectivity index (χ0n) is 14.6. The molecule has 2 fully saturated rings. The molecule has 1 saturated carbocycles. The Bertz CT molecular complexity index is 637. The first-order valence-electron chi connectivity index (χ1n) is 8.39. The second kappa shape index (κ2) is 5.33. The SMILES string of the molecule is Cc1c(F)cc(C(=O)NC2CC2)cc1B1CC(C)(C)C(C)(C)O1. The zero-order valence-corrected chi connectivity index (χ0v) is 14.6. The predicted octanol–water partition coefficient (Wildman–Crippen LogP) is 3.06. The number of nitrogens with one attached hydrogen (secondary N) is 1. The van der Waals surface area contributed by atoms with Gasteiger partial charge in [-0.1, -0.05) is 19.9 Å². The smallest absolute Gasteiger partial charge is 0.328 e. The van der Waals surface area contributed by atoms with Crippen molar-refractivity contribution in [3.05, 3.63) is 29.1 Å². The van der Waals surface area contributed by atoms with Crippen LogP contribution in [0.4, 0.5) is 4.39 Å². The zero-order chi connectivity index (χ0) is 17.0. The predicted molar refractivity (Wildman–Crippen MR) is 90.8 cm³/mol. The van der Waals surface area contributed by atoms with Crippen LogP contribution >= 0.6 is 0 Å². The summed E-state index contributed by atoms with van der Waals surface area (Å²) in [6, 6.07) is 3.40. The maximum Gasteiger partial charge on any atom is 0.328 e. The maximum atomic E-state index is 14.4. The lowest BCUT2D eigenvalue weighted by Crippen LogP contribution is -2.38. The Labute approximate surface area is 138 Å². The number of carbonyl (C=O) groups is 1. The molecule has 0 spiro atoms. The minimum atomic E-state index is -0.338. The first kappa shape index (κ1) is 16.5. The summed E-state index contributed by atoms with van der Waals surface area (Å²) in [6.07, 6.45) is 2.84. The molecule has 1 amide bonds. The van der Waals surface area contributed by atoms with Crippen LogP contribution in [0.2, 0.25) is 6.32 Å². The van der Waals surface area contributed by atoms with E-state index in [0.717, 1.165) is 24.6 Å². The van der Waals surface area contributed by atoms with Crippen LogP contribution < -0.4 is 10.8 Å². The van der Waals surface area contributed by atoms with Gasteiger partial charge in [0.1, 0.15) is 5.82 Å². The molecule has 1 aromatic rings. The second-order valence-electron chi connectivity index (χ2n) is 8.12. The third-order valence-electron chi connectivity index (χ3n) is 5.67.